The van der Waals surface area contributed by atoms with E-state index in [0.29, 0.717) is 30.4 Å². The largest absolute Gasteiger partial charge is 0.488 e. The molecule has 4 rings (SSSR count). The number of fused-ring (bicyclic) bond motifs is 1. The van der Waals surface area contributed by atoms with Gasteiger partial charge in [0, 0.05) is 23.6 Å². The summed E-state index contributed by atoms with van der Waals surface area (Å²) in [5.41, 5.74) is 2.18. The van der Waals surface area contributed by atoms with E-state index in [2.05, 4.69) is 25.6 Å². The average molecular weight is 387 g/mol. The second-order valence-electron chi connectivity index (χ2n) is 6.32. The van der Waals surface area contributed by atoms with Crippen molar-refractivity contribution in [3.8, 4) is 16.9 Å². The van der Waals surface area contributed by atoms with Crippen LogP contribution in [0.1, 0.15) is 11.3 Å². The van der Waals surface area contributed by atoms with Crippen molar-refractivity contribution in [3.05, 3.63) is 54.0 Å². The van der Waals surface area contributed by atoms with Gasteiger partial charge in [-0.1, -0.05) is 6.07 Å². The van der Waals surface area contributed by atoms with Crippen LogP contribution in [0, 0.1) is 6.92 Å². The van der Waals surface area contributed by atoms with E-state index in [1.165, 1.54) is 0 Å². The lowest BCUT2D eigenvalue weighted by Gasteiger charge is -2.19. The van der Waals surface area contributed by atoms with Gasteiger partial charge in [-0.2, -0.15) is 13.2 Å². The van der Waals surface area contributed by atoms with E-state index in [-0.39, 0.29) is 5.95 Å². The predicted molar refractivity (Wildman–Crippen MR) is 98.7 cm³/mol. The zero-order chi connectivity index (χ0) is 19.7. The lowest BCUT2D eigenvalue weighted by atomic mass is 10.0. The van der Waals surface area contributed by atoms with Crippen molar-refractivity contribution in [1.29, 1.82) is 0 Å². The smallest absolute Gasteiger partial charge is 0.433 e. The van der Waals surface area contributed by atoms with E-state index < -0.39 is 11.9 Å². The van der Waals surface area contributed by atoms with E-state index >= 15 is 0 Å². The number of benzene rings is 1. The van der Waals surface area contributed by atoms with Crippen LogP contribution in [0.4, 0.5) is 30.6 Å². The highest BCUT2D eigenvalue weighted by molar-refractivity contribution is 5.73. The van der Waals surface area contributed by atoms with Crippen LogP contribution in [-0.4, -0.2) is 28.1 Å². The summed E-state index contributed by atoms with van der Waals surface area (Å²) in [6, 6.07) is 8.28. The van der Waals surface area contributed by atoms with Gasteiger partial charge >= 0.3 is 6.18 Å². The number of hydrogen-bond donors (Lipinski definition) is 2. The Morgan fingerprint density at radius 1 is 1.11 bits per heavy atom. The zero-order valence-electron chi connectivity index (χ0n) is 14.8. The van der Waals surface area contributed by atoms with Crippen molar-refractivity contribution >= 4 is 17.5 Å². The monoisotopic (exact) mass is 387 g/mol. The molecule has 0 bridgehead atoms. The molecule has 0 spiro atoms. The number of pyridine rings is 1. The molecule has 0 saturated heterocycles. The second-order valence-corrected chi connectivity index (χ2v) is 6.32. The summed E-state index contributed by atoms with van der Waals surface area (Å²) in [7, 11) is 0. The second kappa shape index (κ2) is 6.99. The molecule has 0 radical (unpaired) electrons. The van der Waals surface area contributed by atoms with Gasteiger partial charge in [-0.25, -0.2) is 15.0 Å². The molecular weight excluding hydrogens is 371 g/mol. The molecule has 0 atom stereocenters. The maximum atomic E-state index is 12.9. The van der Waals surface area contributed by atoms with Crippen molar-refractivity contribution in [1.82, 2.24) is 15.0 Å². The number of anilines is 3. The fourth-order valence-corrected chi connectivity index (χ4v) is 2.90. The molecule has 0 saturated carbocycles. The quantitative estimate of drug-likeness (QED) is 0.694. The molecule has 2 aromatic heterocycles. The molecule has 3 aromatic rings. The summed E-state index contributed by atoms with van der Waals surface area (Å²) < 4.78 is 44.2. The van der Waals surface area contributed by atoms with Crippen LogP contribution in [0.15, 0.2) is 42.7 Å². The Morgan fingerprint density at radius 2 is 1.96 bits per heavy atom. The molecule has 0 fully saturated rings. The fraction of sp³-hybridized carbons (Fsp3) is 0.211. The van der Waals surface area contributed by atoms with Gasteiger partial charge in [0.2, 0.25) is 5.95 Å². The fourth-order valence-electron chi connectivity index (χ4n) is 2.90. The summed E-state index contributed by atoms with van der Waals surface area (Å²) in [6.07, 6.45) is -1.73. The first-order valence-corrected chi connectivity index (χ1v) is 8.54. The Hall–Kier alpha value is -3.36. The lowest BCUT2D eigenvalue weighted by molar-refractivity contribution is -0.141. The van der Waals surface area contributed by atoms with Crippen LogP contribution in [0.3, 0.4) is 0 Å². The number of nitrogens with zero attached hydrogens (tertiary/aromatic N) is 3. The molecule has 1 aromatic carbocycles. The SMILES string of the molecule is Cc1cc(Nc2nccc(C(F)(F)F)n2)cc(-c2cnc3c(c2)OCCN3)c1. The van der Waals surface area contributed by atoms with Crippen molar-refractivity contribution < 1.29 is 17.9 Å². The molecule has 144 valence electrons. The number of nitrogens with one attached hydrogen (secondary N) is 2. The van der Waals surface area contributed by atoms with Gasteiger partial charge in [0.1, 0.15) is 12.3 Å². The predicted octanol–water partition coefficient (Wildman–Crippen LogP) is 4.41. The maximum Gasteiger partial charge on any atom is 0.433 e. The average Bonchev–Trinajstić information content (AvgIpc) is 2.67. The normalized spacial score (nSPS) is 13.3. The molecule has 9 heteroatoms. The highest BCUT2D eigenvalue weighted by Gasteiger charge is 2.32. The Morgan fingerprint density at radius 3 is 2.79 bits per heavy atom. The Labute approximate surface area is 158 Å². The van der Waals surface area contributed by atoms with Gasteiger partial charge in [-0.15, -0.1) is 0 Å². The summed E-state index contributed by atoms with van der Waals surface area (Å²) in [5.74, 6) is 1.24. The van der Waals surface area contributed by atoms with Gasteiger partial charge in [0.05, 0.1) is 6.54 Å². The van der Waals surface area contributed by atoms with E-state index in [1.807, 2.05) is 19.1 Å². The summed E-state index contributed by atoms with van der Waals surface area (Å²) in [5, 5.41) is 6.00. The van der Waals surface area contributed by atoms with Gasteiger partial charge in [-0.05, 0) is 42.3 Å². The van der Waals surface area contributed by atoms with E-state index in [0.717, 1.165) is 29.0 Å². The topological polar surface area (TPSA) is 72.0 Å². The van der Waals surface area contributed by atoms with E-state index in [4.69, 9.17) is 4.74 Å². The van der Waals surface area contributed by atoms with Crippen molar-refractivity contribution in [3.63, 3.8) is 0 Å². The van der Waals surface area contributed by atoms with Crippen LogP contribution < -0.4 is 15.4 Å². The number of rotatable bonds is 3. The lowest BCUT2D eigenvalue weighted by Crippen LogP contribution is -2.18. The minimum Gasteiger partial charge on any atom is -0.488 e. The van der Waals surface area contributed by atoms with Crippen molar-refractivity contribution in [2.24, 2.45) is 0 Å². The van der Waals surface area contributed by atoms with Crippen LogP contribution in [0.25, 0.3) is 11.1 Å². The molecule has 0 amide bonds. The van der Waals surface area contributed by atoms with Gasteiger partial charge in [0.15, 0.2) is 11.6 Å². The standard InChI is InChI=1S/C19H16F3N5O/c1-11-6-12(13-9-15-17(25-10-13)23-4-5-28-15)8-14(7-11)26-18-24-3-2-16(27-18)19(20,21)22/h2-3,6-10H,4-5H2,1H3,(H,23,25)(H,24,26,27). The molecule has 6 nitrogen and oxygen atoms in total. The number of ether oxygens (including phenoxy) is 1. The van der Waals surface area contributed by atoms with Crippen LogP contribution >= 0.6 is 0 Å². The number of hydrogen-bond acceptors (Lipinski definition) is 6. The first-order chi connectivity index (χ1) is 13.4. The highest BCUT2D eigenvalue weighted by atomic mass is 19.4. The van der Waals surface area contributed by atoms with Gasteiger partial charge < -0.3 is 15.4 Å². The van der Waals surface area contributed by atoms with Crippen molar-refractivity contribution in [2.75, 3.05) is 23.8 Å². The summed E-state index contributed by atoms with van der Waals surface area (Å²) >= 11 is 0. The first-order valence-electron chi connectivity index (χ1n) is 8.54. The van der Waals surface area contributed by atoms with Crippen molar-refractivity contribution in [2.45, 2.75) is 13.1 Å². The molecular formula is C19H16F3N5O. The molecule has 1 aliphatic heterocycles. The van der Waals surface area contributed by atoms with E-state index in [9.17, 15) is 13.2 Å². The number of halogens is 3. The maximum absolute atomic E-state index is 12.9. The molecule has 3 heterocycles. The molecule has 1 aliphatic rings. The molecule has 28 heavy (non-hydrogen) atoms. The minimum atomic E-state index is -4.53. The first kappa shape index (κ1) is 18.0. The van der Waals surface area contributed by atoms with Crippen LogP contribution in [0.5, 0.6) is 5.75 Å². The van der Waals surface area contributed by atoms with Gasteiger partial charge in [-0.3, -0.25) is 0 Å². The van der Waals surface area contributed by atoms with Crippen LogP contribution in [-0.2, 0) is 6.18 Å². The summed E-state index contributed by atoms with van der Waals surface area (Å²) in [6.45, 7) is 3.16. The molecule has 0 unspecified atom stereocenters. The van der Waals surface area contributed by atoms with Crippen LogP contribution in [0.2, 0.25) is 0 Å². The number of alkyl halides is 3. The van der Waals surface area contributed by atoms with E-state index in [1.54, 1.807) is 18.3 Å². The third kappa shape index (κ3) is 3.83. The number of aromatic nitrogens is 3. The Bertz CT molecular complexity index is 1020. The minimum absolute atomic E-state index is 0.123. The summed E-state index contributed by atoms with van der Waals surface area (Å²) in [4.78, 5) is 11.8. The Kier molecular flexibility index (Phi) is 4.50. The van der Waals surface area contributed by atoms with Gasteiger partial charge in [0.25, 0.3) is 0 Å². The molecule has 2 N–H and O–H groups in total. The third-order valence-corrected chi connectivity index (χ3v) is 4.12. The molecule has 0 aliphatic carbocycles. The highest BCUT2D eigenvalue weighted by Crippen LogP contribution is 2.33. The Balaban J connectivity index is 1.65. The zero-order valence-corrected chi connectivity index (χ0v) is 14.8. The number of aryl methyl sites for hydroxylation is 1. The third-order valence-electron chi connectivity index (χ3n) is 4.12.